The van der Waals surface area contributed by atoms with Gasteiger partial charge < -0.3 is 4.98 Å². The van der Waals surface area contributed by atoms with Crippen LogP contribution >= 0.6 is 11.5 Å². The van der Waals surface area contributed by atoms with Gasteiger partial charge >= 0.3 is 0 Å². The first-order valence-electron chi connectivity index (χ1n) is 2.78. The predicted molar refractivity (Wildman–Crippen MR) is 38.5 cm³/mol. The Balaban J connectivity index is 2.48. The molecule has 0 atom stereocenters. The summed E-state index contributed by atoms with van der Waals surface area (Å²) in [6, 6.07) is 1.89. The predicted octanol–water partition coefficient (Wildman–Crippen LogP) is 1.33. The topological polar surface area (TPSA) is 41.6 Å². The van der Waals surface area contributed by atoms with Crippen LogP contribution in [0.1, 0.15) is 0 Å². The average Bonchev–Trinajstić information content (AvgIpc) is 2.59. The number of aromatic nitrogens is 3. The Bertz CT molecular complexity index is 252. The highest BCUT2D eigenvalue weighted by atomic mass is 32.1. The van der Waals surface area contributed by atoms with Crippen LogP contribution in [0.15, 0.2) is 17.8 Å². The number of hydrogen-bond donors (Lipinski definition) is 1. The second-order valence-corrected chi connectivity index (χ2v) is 2.38. The van der Waals surface area contributed by atoms with Gasteiger partial charge in [-0.05, 0) is 17.6 Å². The average molecular weight is 150 g/mol. The van der Waals surface area contributed by atoms with E-state index in [1.807, 2.05) is 6.07 Å². The van der Waals surface area contributed by atoms with Gasteiger partial charge in [-0.25, -0.2) is 4.98 Å². The molecule has 0 fully saturated rings. The number of nitrogens with zero attached hydrogens (tertiary/aromatic N) is 2. The smallest absolute Gasteiger partial charge is 0.174 e. The molecule has 2 heterocycles. The van der Waals surface area contributed by atoms with Gasteiger partial charge in [0.15, 0.2) is 5.82 Å². The molecule has 0 saturated heterocycles. The second-order valence-electron chi connectivity index (χ2n) is 1.77. The fourth-order valence-electron chi connectivity index (χ4n) is 0.706. The lowest BCUT2D eigenvalue weighted by Crippen LogP contribution is -1.73. The Morgan fingerprint density at radius 3 is 3.20 bits per heavy atom. The minimum atomic E-state index is 0.742. The monoisotopic (exact) mass is 150 g/mol. The molecule has 0 spiro atoms. The molecule has 0 bridgehead atoms. The van der Waals surface area contributed by atoms with Gasteiger partial charge in [-0.1, -0.05) is 0 Å². The van der Waals surface area contributed by atoms with Gasteiger partial charge in [0.1, 0.15) is 5.51 Å². The molecule has 0 aromatic carbocycles. The number of hydrogen-bond acceptors (Lipinski definition) is 3. The summed E-state index contributed by atoms with van der Waals surface area (Å²) in [6.45, 7) is 0. The fourth-order valence-corrected chi connectivity index (χ4v) is 1.15. The molecule has 1 N–H and O–H groups in total. The van der Waals surface area contributed by atoms with E-state index in [-0.39, 0.29) is 0 Å². The maximum atomic E-state index is 4.04. The SMILES string of the molecule is [c]1[nH]ccc1-c1ncsn1. The summed E-state index contributed by atoms with van der Waals surface area (Å²) < 4.78 is 4.04. The molecular weight excluding hydrogens is 146 g/mol. The summed E-state index contributed by atoms with van der Waals surface area (Å²) in [4.78, 5) is 6.83. The highest BCUT2D eigenvalue weighted by molar-refractivity contribution is 7.03. The first-order valence-corrected chi connectivity index (χ1v) is 3.62. The van der Waals surface area contributed by atoms with Crippen molar-refractivity contribution >= 4 is 11.5 Å². The zero-order valence-electron chi connectivity index (χ0n) is 5.03. The minimum absolute atomic E-state index is 0.742. The molecule has 4 heteroatoms. The first kappa shape index (κ1) is 5.61. The van der Waals surface area contributed by atoms with Crippen LogP contribution in [-0.4, -0.2) is 14.3 Å². The number of H-pyrrole nitrogens is 1. The molecule has 10 heavy (non-hydrogen) atoms. The zero-order valence-corrected chi connectivity index (χ0v) is 5.85. The van der Waals surface area contributed by atoms with E-state index >= 15 is 0 Å². The summed E-state index contributed by atoms with van der Waals surface area (Å²) in [6.07, 6.45) is 4.70. The maximum Gasteiger partial charge on any atom is 0.174 e. The van der Waals surface area contributed by atoms with Gasteiger partial charge in [0.25, 0.3) is 0 Å². The minimum Gasteiger partial charge on any atom is -0.359 e. The Morgan fingerprint density at radius 2 is 2.60 bits per heavy atom. The van der Waals surface area contributed by atoms with E-state index < -0.39 is 0 Å². The Labute approximate surface area is 61.9 Å². The summed E-state index contributed by atoms with van der Waals surface area (Å²) in [5.74, 6) is 0.742. The Hall–Kier alpha value is -1.16. The highest BCUT2D eigenvalue weighted by Crippen LogP contribution is 2.12. The van der Waals surface area contributed by atoms with Crippen molar-refractivity contribution in [3.05, 3.63) is 24.0 Å². The van der Waals surface area contributed by atoms with Crippen LogP contribution in [0.3, 0.4) is 0 Å². The van der Waals surface area contributed by atoms with Crippen LogP contribution < -0.4 is 0 Å². The van der Waals surface area contributed by atoms with Gasteiger partial charge in [0.2, 0.25) is 0 Å². The van der Waals surface area contributed by atoms with Crippen LogP contribution in [0.4, 0.5) is 0 Å². The second kappa shape index (κ2) is 2.22. The fraction of sp³-hybridized carbons (Fsp3) is 0. The van der Waals surface area contributed by atoms with Crippen LogP contribution in [0.2, 0.25) is 0 Å². The molecule has 0 amide bonds. The first-order chi connectivity index (χ1) is 4.97. The third-order valence-corrected chi connectivity index (χ3v) is 1.62. The van der Waals surface area contributed by atoms with Crippen molar-refractivity contribution in [2.24, 2.45) is 0 Å². The third kappa shape index (κ3) is 0.823. The number of nitrogens with one attached hydrogen (secondary N) is 1. The Morgan fingerprint density at radius 1 is 1.60 bits per heavy atom. The van der Waals surface area contributed by atoms with Crippen LogP contribution in [0.5, 0.6) is 0 Å². The van der Waals surface area contributed by atoms with Crippen molar-refractivity contribution < 1.29 is 0 Å². The lowest BCUT2D eigenvalue weighted by Gasteiger charge is -1.81. The van der Waals surface area contributed by atoms with Crippen molar-refractivity contribution in [1.82, 2.24) is 14.3 Å². The van der Waals surface area contributed by atoms with Crippen molar-refractivity contribution in [2.45, 2.75) is 0 Å². The largest absolute Gasteiger partial charge is 0.359 e. The van der Waals surface area contributed by atoms with Gasteiger partial charge in [-0.15, -0.1) is 0 Å². The van der Waals surface area contributed by atoms with E-state index in [2.05, 4.69) is 20.5 Å². The van der Waals surface area contributed by atoms with Gasteiger partial charge in [-0.2, -0.15) is 4.37 Å². The summed E-state index contributed by atoms with van der Waals surface area (Å²) >= 11 is 1.34. The molecule has 0 saturated carbocycles. The molecule has 3 nitrogen and oxygen atoms in total. The molecule has 1 radical (unpaired) electrons. The Kier molecular flexibility index (Phi) is 1.25. The zero-order chi connectivity index (χ0) is 6.81. The number of rotatable bonds is 1. The van der Waals surface area contributed by atoms with Crippen molar-refractivity contribution in [1.29, 1.82) is 0 Å². The van der Waals surface area contributed by atoms with E-state index in [1.54, 1.807) is 11.7 Å². The molecule has 0 aliphatic rings. The van der Waals surface area contributed by atoms with E-state index in [4.69, 9.17) is 0 Å². The molecule has 49 valence electrons. The molecule has 0 aliphatic carbocycles. The van der Waals surface area contributed by atoms with E-state index in [0.29, 0.717) is 0 Å². The van der Waals surface area contributed by atoms with Crippen LogP contribution in [0, 0.1) is 6.20 Å². The molecular formula is C6H4N3S. The lowest BCUT2D eigenvalue weighted by molar-refractivity contribution is 1.32. The van der Waals surface area contributed by atoms with Crippen LogP contribution in [0.25, 0.3) is 11.4 Å². The van der Waals surface area contributed by atoms with Crippen molar-refractivity contribution in [2.75, 3.05) is 0 Å². The van der Waals surface area contributed by atoms with E-state index in [9.17, 15) is 0 Å². The molecule has 2 rings (SSSR count). The maximum absolute atomic E-state index is 4.04. The summed E-state index contributed by atoms with van der Waals surface area (Å²) in [5, 5.41) is 0. The van der Waals surface area contributed by atoms with Crippen molar-refractivity contribution in [3.63, 3.8) is 0 Å². The third-order valence-electron chi connectivity index (χ3n) is 1.14. The van der Waals surface area contributed by atoms with Gasteiger partial charge in [0, 0.05) is 11.8 Å². The van der Waals surface area contributed by atoms with Crippen molar-refractivity contribution in [3.8, 4) is 11.4 Å². The van der Waals surface area contributed by atoms with Crippen LogP contribution in [-0.2, 0) is 0 Å². The number of aromatic amines is 1. The molecule has 0 aliphatic heterocycles. The van der Waals surface area contributed by atoms with Gasteiger partial charge in [0.05, 0.1) is 6.20 Å². The molecule has 2 aromatic rings. The molecule has 2 aromatic heterocycles. The summed E-state index contributed by atoms with van der Waals surface area (Å²) in [7, 11) is 0. The standard InChI is InChI=1S/C6H4N3S/c1-2-7-3-5(1)6-8-4-10-9-6/h1-2,4,7H. The lowest BCUT2D eigenvalue weighted by atomic mass is 10.3. The van der Waals surface area contributed by atoms with E-state index in [0.717, 1.165) is 11.4 Å². The highest BCUT2D eigenvalue weighted by Gasteiger charge is 1.99. The summed E-state index contributed by atoms with van der Waals surface area (Å²) in [5.41, 5.74) is 2.62. The quantitative estimate of drug-likeness (QED) is 0.666. The molecule has 0 unspecified atom stereocenters. The normalized spacial score (nSPS) is 10.0. The van der Waals surface area contributed by atoms with E-state index in [1.165, 1.54) is 11.5 Å². The van der Waals surface area contributed by atoms with Gasteiger partial charge in [-0.3, -0.25) is 0 Å².